The number of hydrogen-bond donors (Lipinski definition) is 1. The Hall–Kier alpha value is -0.930. The Morgan fingerprint density at radius 3 is 2.74 bits per heavy atom. The van der Waals surface area contributed by atoms with Crippen LogP contribution in [0.3, 0.4) is 0 Å². The van der Waals surface area contributed by atoms with Gasteiger partial charge in [0.2, 0.25) is 0 Å². The fourth-order valence-corrected chi connectivity index (χ4v) is 1.85. The maximum absolute atomic E-state index is 11.9. The summed E-state index contributed by atoms with van der Waals surface area (Å²) >= 11 is 1.22. The summed E-state index contributed by atoms with van der Waals surface area (Å²) in [6.07, 6.45) is -5.07. The van der Waals surface area contributed by atoms with Crippen molar-refractivity contribution in [3.05, 3.63) is 5.01 Å². The molecule has 9 heteroatoms. The summed E-state index contributed by atoms with van der Waals surface area (Å²) in [5, 5.41) is 11.7. The molecule has 0 fully saturated rings. The number of rotatable bonds is 9. The third kappa shape index (κ3) is 7.96. The summed E-state index contributed by atoms with van der Waals surface area (Å²) in [6.45, 7) is 1.82. The van der Waals surface area contributed by atoms with Gasteiger partial charge >= 0.3 is 6.18 Å². The number of aromatic nitrogens is 2. The maximum Gasteiger partial charge on any atom is 0.389 e. The molecule has 19 heavy (non-hydrogen) atoms. The highest BCUT2D eigenvalue weighted by Crippen LogP contribution is 2.22. The van der Waals surface area contributed by atoms with E-state index >= 15 is 0 Å². The van der Waals surface area contributed by atoms with Gasteiger partial charge in [0.05, 0.1) is 13.2 Å². The normalized spacial score (nSPS) is 11.8. The van der Waals surface area contributed by atoms with Crippen molar-refractivity contribution in [3.8, 4) is 5.19 Å². The first-order chi connectivity index (χ1) is 9.01. The predicted molar refractivity (Wildman–Crippen MR) is 64.3 cm³/mol. The van der Waals surface area contributed by atoms with E-state index in [0.717, 1.165) is 5.01 Å². The molecule has 1 N–H and O–H groups in total. The quantitative estimate of drug-likeness (QED) is 0.707. The molecule has 0 radical (unpaired) electrons. The highest BCUT2D eigenvalue weighted by atomic mass is 32.1. The molecule has 110 valence electrons. The Balaban J connectivity index is 2.16. The van der Waals surface area contributed by atoms with Crippen LogP contribution in [0, 0.1) is 0 Å². The van der Waals surface area contributed by atoms with Gasteiger partial charge in [-0.25, -0.2) is 0 Å². The van der Waals surface area contributed by atoms with Gasteiger partial charge in [0.15, 0.2) is 0 Å². The van der Waals surface area contributed by atoms with Crippen LogP contribution in [0.1, 0.15) is 17.8 Å². The molecule has 5 nitrogen and oxygen atoms in total. The van der Waals surface area contributed by atoms with Gasteiger partial charge in [-0.3, -0.25) is 0 Å². The van der Waals surface area contributed by atoms with E-state index in [9.17, 15) is 13.2 Å². The highest BCUT2D eigenvalue weighted by molar-refractivity contribution is 7.13. The Bertz CT molecular complexity index is 360. The summed E-state index contributed by atoms with van der Waals surface area (Å²) in [4.78, 5) is 0. The van der Waals surface area contributed by atoms with Crippen LogP contribution in [0.15, 0.2) is 0 Å². The number of nitrogens with one attached hydrogen (secondary N) is 1. The minimum absolute atomic E-state index is 0.00868. The first kappa shape index (κ1) is 16.1. The molecule has 0 bridgehead atoms. The maximum atomic E-state index is 11.9. The second-order valence-electron chi connectivity index (χ2n) is 3.70. The van der Waals surface area contributed by atoms with Gasteiger partial charge in [0, 0.05) is 26.6 Å². The zero-order valence-electron chi connectivity index (χ0n) is 10.5. The zero-order chi connectivity index (χ0) is 14.1. The van der Waals surface area contributed by atoms with Crippen molar-refractivity contribution in [2.75, 3.05) is 26.9 Å². The summed E-state index contributed by atoms with van der Waals surface area (Å²) < 4.78 is 45.6. The molecule has 0 aliphatic rings. The smallest absolute Gasteiger partial charge is 0.389 e. The lowest BCUT2D eigenvalue weighted by molar-refractivity contribution is -0.136. The Morgan fingerprint density at radius 1 is 1.26 bits per heavy atom. The zero-order valence-corrected chi connectivity index (χ0v) is 11.3. The van der Waals surface area contributed by atoms with Crippen molar-refractivity contribution in [1.82, 2.24) is 15.5 Å². The summed E-state index contributed by atoms with van der Waals surface area (Å²) in [5.74, 6) is 0. The second-order valence-corrected chi connectivity index (χ2v) is 4.72. The number of alkyl halides is 3. The van der Waals surface area contributed by atoms with Crippen molar-refractivity contribution in [2.45, 2.75) is 25.6 Å². The third-order valence-corrected chi connectivity index (χ3v) is 2.87. The van der Waals surface area contributed by atoms with Gasteiger partial charge in [0.25, 0.3) is 5.19 Å². The molecule has 0 aliphatic carbocycles. The second kappa shape index (κ2) is 8.28. The lowest BCUT2D eigenvalue weighted by Crippen LogP contribution is -2.18. The van der Waals surface area contributed by atoms with Gasteiger partial charge < -0.3 is 14.8 Å². The van der Waals surface area contributed by atoms with Crippen LogP contribution in [-0.4, -0.2) is 43.2 Å². The molecule has 0 atom stereocenters. The number of hydrogen-bond acceptors (Lipinski definition) is 6. The Kier molecular flexibility index (Phi) is 7.03. The predicted octanol–water partition coefficient (Wildman–Crippen LogP) is 2.00. The molecule has 1 aromatic rings. The molecular weight excluding hydrogens is 283 g/mol. The van der Waals surface area contributed by atoms with E-state index in [1.54, 1.807) is 7.11 Å². The lowest BCUT2D eigenvalue weighted by atomic mass is 10.3. The average molecular weight is 299 g/mol. The van der Waals surface area contributed by atoms with Crippen LogP contribution in [0.5, 0.6) is 5.19 Å². The molecule has 1 rings (SSSR count). The minimum Gasteiger partial charge on any atom is -0.469 e. The van der Waals surface area contributed by atoms with Crippen molar-refractivity contribution < 1.29 is 22.6 Å². The van der Waals surface area contributed by atoms with Crippen molar-refractivity contribution in [1.29, 1.82) is 0 Å². The van der Waals surface area contributed by atoms with Crippen LogP contribution in [-0.2, 0) is 11.3 Å². The summed E-state index contributed by atoms with van der Waals surface area (Å²) in [6, 6.07) is 0. The van der Waals surface area contributed by atoms with E-state index in [-0.39, 0.29) is 13.0 Å². The Labute approximate surface area is 113 Å². The van der Waals surface area contributed by atoms with Crippen LogP contribution in [0.25, 0.3) is 0 Å². The van der Waals surface area contributed by atoms with Crippen molar-refractivity contribution in [3.63, 3.8) is 0 Å². The van der Waals surface area contributed by atoms with Gasteiger partial charge in [-0.05, 0) is 6.42 Å². The monoisotopic (exact) mass is 299 g/mol. The molecule has 0 saturated heterocycles. The fraction of sp³-hybridized carbons (Fsp3) is 0.800. The average Bonchev–Trinajstić information content (AvgIpc) is 2.77. The molecule has 0 amide bonds. The summed E-state index contributed by atoms with van der Waals surface area (Å²) in [5.41, 5.74) is 0. The first-order valence-corrected chi connectivity index (χ1v) is 6.54. The number of ether oxygens (including phenoxy) is 2. The number of methoxy groups -OCH3 is 1. The molecule has 0 spiro atoms. The van der Waals surface area contributed by atoms with Crippen LogP contribution >= 0.6 is 11.3 Å². The number of halogens is 3. The Morgan fingerprint density at radius 2 is 2.05 bits per heavy atom. The minimum atomic E-state index is -4.14. The van der Waals surface area contributed by atoms with Gasteiger partial charge in [-0.1, -0.05) is 11.3 Å². The van der Waals surface area contributed by atoms with Gasteiger partial charge in [-0.15, -0.1) is 10.2 Å². The molecular formula is C10H16F3N3O2S. The first-order valence-electron chi connectivity index (χ1n) is 5.73. The molecule has 0 saturated carbocycles. The van der Waals surface area contributed by atoms with Crippen LogP contribution in [0.2, 0.25) is 0 Å². The third-order valence-electron chi connectivity index (χ3n) is 2.04. The van der Waals surface area contributed by atoms with Crippen LogP contribution in [0.4, 0.5) is 13.2 Å². The van der Waals surface area contributed by atoms with Gasteiger partial charge in [0.1, 0.15) is 5.01 Å². The van der Waals surface area contributed by atoms with E-state index < -0.39 is 12.6 Å². The van der Waals surface area contributed by atoms with Crippen LogP contribution < -0.4 is 10.1 Å². The van der Waals surface area contributed by atoms with E-state index in [0.29, 0.717) is 24.9 Å². The SMILES string of the molecule is COCCNCc1nnc(OCCCC(F)(F)F)s1. The molecule has 1 heterocycles. The lowest BCUT2D eigenvalue weighted by Gasteiger charge is -2.05. The topological polar surface area (TPSA) is 56.3 Å². The largest absolute Gasteiger partial charge is 0.469 e. The number of nitrogens with zero attached hydrogens (tertiary/aromatic N) is 2. The van der Waals surface area contributed by atoms with Crippen molar-refractivity contribution in [2.24, 2.45) is 0 Å². The highest BCUT2D eigenvalue weighted by Gasteiger charge is 2.26. The van der Waals surface area contributed by atoms with E-state index in [1.807, 2.05) is 0 Å². The summed E-state index contributed by atoms with van der Waals surface area (Å²) in [7, 11) is 1.61. The fourth-order valence-electron chi connectivity index (χ4n) is 1.17. The standard InChI is InChI=1S/C10H16F3N3O2S/c1-17-6-4-14-7-8-15-16-9(19-8)18-5-2-3-10(11,12)13/h14H,2-7H2,1H3. The van der Waals surface area contributed by atoms with E-state index in [4.69, 9.17) is 9.47 Å². The molecule has 1 aromatic heterocycles. The molecule has 0 unspecified atom stereocenters. The van der Waals surface area contributed by atoms with Gasteiger partial charge in [-0.2, -0.15) is 13.2 Å². The molecule has 0 aromatic carbocycles. The van der Waals surface area contributed by atoms with Crippen molar-refractivity contribution >= 4 is 11.3 Å². The van der Waals surface area contributed by atoms with E-state index in [1.165, 1.54) is 11.3 Å². The molecule has 0 aliphatic heterocycles. The van der Waals surface area contributed by atoms with E-state index in [2.05, 4.69) is 15.5 Å².